The third-order valence-corrected chi connectivity index (χ3v) is 7.79. The summed E-state index contributed by atoms with van der Waals surface area (Å²) in [5.41, 5.74) is 3.17. The van der Waals surface area contributed by atoms with E-state index in [1.165, 1.54) is 6.07 Å². The second-order valence-electron chi connectivity index (χ2n) is 10.7. The number of β-amino-alcohol motifs (C(OH)–C–C–N with tert-alkyl or cyclic N) is 1. The highest BCUT2D eigenvalue weighted by Gasteiger charge is 2.30. The standard InChI is InChI=1S/C28H34F3N5O3/c1-35-15-22-21(3-2-4-24(22)34-35)27(38)32-20-8-5-19(6-9-20)25(37)16-36-13-11-18-7-10-26(33-23(18)12-14-36)39-17-28(29,30)31/h2-4,7,10,15,19-20,25,37H,5-6,8-9,11-14,16-17H2,1H3,(H,32,38). The number of benzene rings is 1. The molecule has 0 bridgehead atoms. The van der Waals surface area contributed by atoms with Crippen molar-refractivity contribution in [1.29, 1.82) is 0 Å². The van der Waals surface area contributed by atoms with Crippen molar-refractivity contribution in [3.8, 4) is 5.88 Å². The fourth-order valence-electron chi connectivity index (χ4n) is 5.71. The maximum absolute atomic E-state index is 13.0. The fraction of sp³-hybridized carbons (Fsp3) is 0.536. The highest BCUT2D eigenvalue weighted by atomic mass is 19.4. The lowest BCUT2D eigenvalue weighted by Gasteiger charge is -2.34. The number of hydrogen-bond acceptors (Lipinski definition) is 6. The summed E-state index contributed by atoms with van der Waals surface area (Å²) < 4.78 is 43.9. The molecule has 8 nitrogen and oxygen atoms in total. The van der Waals surface area contributed by atoms with Gasteiger partial charge < -0.3 is 20.1 Å². The molecule has 0 radical (unpaired) electrons. The highest BCUT2D eigenvalue weighted by molar-refractivity contribution is 6.06. The Labute approximate surface area is 225 Å². The van der Waals surface area contributed by atoms with Crippen LogP contribution in [0.3, 0.4) is 0 Å². The third kappa shape index (κ3) is 6.88. The SMILES string of the molecule is Cn1cc2c(C(=O)NC3CCC(C(O)CN4CCc5ccc(OCC(F)(F)F)nc5CC4)CC3)cccc2n1. The first-order valence-corrected chi connectivity index (χ1v) is 13.5. The number of aromatic nitrogens is 3. The normalized spacial score (nSPS) is 21.3. The predicted molar refractivity (Wildman–Crippen MR) is 140 cm³/mol. The zero-order chi connectivity index (χ0) is 27.6. The summed E-state index contributed by atoms with van der Waals surface area (Å²) in [6.45, 7) is 0.602. The van der Waals surface area contributed by atoms with E-state index in [1.807, 2.05) is 31.4 Å². The van der Waals surface area contributed by atoms with Crippen LogP contribution in [-0.2, 0) is 19.9 Å². The molecule has 1 amide bonds. The Hall–Kier alpha value is -3.18. The van der Waals surface area contributed by atoms with Gasteiger partial charge in [-0.1, -0.05) is 12.1 Å². The zero-order valence-electron chi connectivity index (χ0n) is 22.0. The van der Waals surface area contributed by atoms with Gasteiger partial charge in [-0.05, 0) is 55.7 Å². The van der Waals surface area contributed by atoms with Crippen LogP contribution in [0.4, 0.5) is 13.2 Å². The van der Waals surface area contributed by atoms with E-state index in [-0.39, 0.29) is 23.7 Å². The molecule has 5 rings (SSSR count). The van der Waals surface area contributed by atoms with E-state index in [1.54, 1.807) is 10.7 Å². The molecule has 1 atom stereocenters. The minimum absolute atomic E-state index is 0.0134. The largest absolute Gasteiger partial charge is 0.468 e. The van der Waals surface area contributed by atoms with Crippen molar-refractivity contribution < 1.29 is 27.8 Å². The number of aliphatic hydroxyl groups is 1. The van der Waals surface area contributed by atoms with Gasteiger partial charge in [0.25, 0.3) is 5.91 Å². The summed E-state index contributed by atoms with van der Waals surface area (Å²) in [7, 11) is 1.84. The quantitative estimate of drug-likeness (QED) is 0.471. The first-order valence-electron chi connectivity index (χ1n) is 13.5. The van der Waals surface area contributed by atoms with E-state index in [4.69, 9.17) is 4.74 Å². The average Bonchev–Trinajstić information content (AvgIpc) is 3.18. The van der Waals surface area contributed by atoms with Gasteiger partial charge in [-0.2, -0.15) is 18.3 Å². The Balaban J connectivity index is 1.09. The van der Waals surface area contributed by atoms with Crippen molar-refractivity contribution in [3.63, 3.8) is 0 Å². The number of carbonyl (C=O) groups is 1. The number of carbonyl (C=O) groups excluding carboxylic acids is 1. The van der Waals surface area contributed by atoms with E-state index >= 15 is 0 Å². The summed E-state index contributed by atoms with van der Waals surface area (Å²) in [5, 5.41) is 19.4. The van der Waals surface area contributed by atoms with Crippen LogP contribution in [0.5, 0.6) is 5.88 Å². The summed E-state index contributed by atoms with van der Waals surface area (Å²) in [4.78, 5) is 19.5. The van der Waals surface area contributed by atoms with Crippen molar-refractivity contribution in [1.82, 2.24) is 25.0 Å². The third-order valence-electron chi connectivity index (χ3n) is 7.79. The van der Waals surface area contributed by atoms with Gasteiger partial charge >= 0.3 is 6.18 Å². The Kier molecular flexibility index (Phi) is 8.08. The lowest BCUT2D eigenvalue weighted by atomic mass is 9.82. The minimum atomic E-state index is -4.40. The van der Waals surface area contributed by atoms with Crippen molar-refractivity contribution in [2.75, 3.05) is 26.2 Å². The number of rotatable bonds is 7. The smallest absolute Gasteiger partial charge is 0.422 e. The summed E-state index contributed by atoms with van der Waals surface area (Å²) >= 11 is 0. The number of nitrogens with one attached hydrogen (secondary N) is 1. The molecule has 1 aliphatic heterocycles. The second kappa shape index (κ2) is 11.5. The zero-order valence-corrected chi connectivity index (χ0v) is 22.0. The van der Waals surface area contributed by atoms with E-state index in [9.17, 15) is 23.1 Å². The maximum atomic E-state index is 13.0. The van der Waals surface area contributed by atoms with E-state index in [2.05, 4.69) is 20.3 Å². The lowest BCUT2D eigenvalue weighted by molar-refractivity contribution is -0.154. The molecule has 0 saturated heterocycles. The number of ether oxygens (including phenoxy) is 1. The molecule has 2 aliphatic rings. The van der Waals surface area contributed by atoms with Gasteiger partial charge in [0, 0.05) is 62.5 Å². The first kappa shape index (κ1) is 27.4. The lowest BCUT2D eigenvalue weighted by Crippen LogP contribution is -2.42. The van der Waals surface area contributed by atoms with Crippen molar-refractivity contribution in [2.24, 2.45) is 13.0 Å². The summed E-state index contributed by atoms with van der Waals surface area (Å²) in [5.74, 6) is 0.0499. The molecule has 3 aromatic rings. The van der Waals surface area contributed by atoms with Crippen molar-refractivity contribution >= 4 is 16.8 Å². The van der Waals surface area contributed by atoms with Gasteiger partial charge in [-0.3, -0.25) is 9.48 Å². The molecule has 1 fully saturated rings. The fourth-order valence-corrected chi connectivity index (χ4v) is 5.71. The summed E-state index contributed by atoms with van der Waals surface area (Å²) in [6.07, 6.45) is 1.57. The molecule has 1 saturated carbocycles. The Morgan fingerprint density at radius 1 is 1.15 bits per heavy atom. The van der Waals surface area contributed by atoms with E-state index in [0.717, 1.165) is 60.8 Å². The molecule has 11 heteroatoms. The van der Waals surface area contributed by atoms with Gasteiger partial charge in [-0.25, -0.2) is 4.98 Å². The van der Waals surface area contributed by atoms with Gasteiger partial charge in [0.05, 0.1) is 17.2 Å². The van der Waals surface area contributed by atoms with Crippen LogP contribution >= 0.6 is 0 Å². The topological polar surface area (TPSA) is 92.5 Å². The average molecular weight is 546 g/mol. The number of aryl methyl sites for hydroxylation is 1. The van der Waals surface area contributed by atoms with Crippen molar-refractivity contribution in [3.05, 3.63) is 53.3 Å². The van der Waals surface area contributed by atoms with Crippen LogP contribution in [0.15, 0.2) is 36.5 Å². The number of pyridine rings is 1. The summed E-state index contributed by atoms with van der Waals surface area (Å²) in [6, 6.07) is 8.90. The molecule has 3 heterocycles. The molecule has 39 heavy (non-hydrogen) atoms. The van der Waals surface area contributed by atoms with Gasteiger partial charge in [0.1, 0.15) is 0 Å². The predicted octanol–water partition coefficient (Wildman–Crippen LogP) is 3.66. The Morgan fingerprint density at radius 3 is 2.69 bits per heavy atom. The number of hydrogen-bond donors (Lipinski definition) is 2. The van der Waals surface area contributed by atoms with Gasteiger partial charge in [-0.15, -0.1) is 0 Å². The number of halogens is 3. The highest BCUT2D eigenvalue weighted by Crippen LogP contribution is 2.29. The Morgan fingerprint density at radius 2 is 1.92 bits per heavy atom. The van der Waals surface area contributed by atoms with Crippen molar-refractivity contribution in [2.45, 2.75) is 56.8 Å². The Bertz CT molecular complexity index is 1300. The van der Waals surface area contributed by atoms with Gasteiger partial charge in [0.2, 0.25) is 5.88 Å². The van der Waals surface area contributed by atoms with Crippen LogP contribution in [0.25, 0.3) is 10.9 Å². The molecule has 210 valence electrons. The van der Waals surface area contributed by atoms with Crippen LogP contribution in [-0.4, -0.2) is 75.2 Å². The van der Waals surface area contributed by atoms with Crippen LogP contribution in [0, 0.1) is 5.92 Å². The molecule has 2 aromatic heterocycles. The minimum Gasteiger partial charge on any atom is -0.468 e. The number of fused-ring (bicyclic) bond motifs is 2. The van der Waals surface area contributed by atoms with Crippen LogP contribution < -0.4 is 10.1 Å². The first-order chi connectivity index (χ1) is 18.6. The molecule has 1 aromatic carbocycles. The van der Waals surface area contributed by atoms with Gasteiger partial charge in [0.15, 0.2) is 6.61 Å². The molecule has 2 N–H and O–H groups in total. The molecular formula is C28H34F3N5O3. The van der Waals surface area contributed by atoms with Crippen LogP contribution in [0.1, 0.15) is 47.3 Å². The molecular weight excluding hydrogens is 511 g/mol. The second-order valence-corrected chi connectivity index (χ2v) is 10.7. The number of alkyl halides is 3. The molecule has 1 aliphatic carbocycles. The van der Waals surface area contributed by atoms with E-state index < -0.39 is 18.9 Å². The number of aliphatic hydroxyl groups excluding tert-OH is 1. The molecule has 0 spiro atoms. The molecule has 1 unspecified atom stereocenters. The van der Waals surface area contributed by atoms with E-state index in [0.29, 0.717) is 25.1 Å². The maximum Gasteiger partial charge on any atom is 0.422 e. The number of nitrogens with zero attached hydrogens (tertiary/aromatic N) is 4. The monoisotopic (exact) mass is 545 g/mol. The number of amides is 1. The van der Waals surface area contributed by atoms with Crippen LogP contribution in [0.2, 0.25) is 0 Å².